The molecule has 106 valence electrons. The van der Waals surface area contributed by atoms with Gasteiger partial charge in [-0.2, -0.15) is 0 Å². The van der Waals surface area contributed by atoms with Crippen LogP contribution in [0.3, 0.4) is 0 Å². The summed E-state index contributed by atoms with van der Waals surface area (Å²) in [6.45, 7) is 7.09. The van der Waals surface area contributed by atoms with Gasteiger partial charge in [-0.3, -0.25) is 4.90 Å². The first-order valence-corrected chi connectivity index (χ1v) is 7.28. The van der Waals surface area contributed by atoms with Crippen LogP contribution in [0, 0.1) is 17.7 Å². The van der Waals surface area contributed by atoms with Gasteiger partial charge < -0.3 is 5.73 Å². The summed E-state index contributed by atoms with van der Waals surface area (Å²) < 4.78 is 13.2. The maximum Gasteiger partial charge on any atom is 0.124 e. The maximum absolute atomic E-state index is 13.2. The lowest BCUT2D eigenvalue weighted by molar-refractivity contribution is 0.0984. The zero-order valence-corrected chi connectivity index (χ0v) is 12.3. The monoisotopic (exact) mass is 284 g/mol. The van der Waals surface area contributed by atoms with E-state index in [0.717, 1.165) is 18.7 Å². The van der Waals surface area contributed by atoms with E-state index in [1.165, 1.54) is 18.6 Å². The van der Waals surface area contributed by atoms with Crippen molar-refractivity contribution < 1.29 is 4.39 Å². The minimum absolute atomic E-state index is 0.0818. The van der Waals surface area contributed by atoms with E-state index in [9.17, 15) is 4.39 Å². The molecule has 3 atom stereocenters. The molecule has 2 N–H and O–H groups in total. The third-order valence-corrected chi connectivity index (χ3v) is 4.21. The van der Waals surface area contributed by atoms with Crippen LogP contribution in [0.1, 0.15) is 31.9 Å². The predicted octanol–water partition coefficient (Wildman–Crippen LogP) is 3.46. The zero-order valence-electron chi connectivity index (χ0n) is 11.6. The fourth-order valence-electron chi connectivity index (χ4n) is 3.21. The quantitative estimate of drug-likeness (QED) is 0.921. The molecule has 0 aromatic heterocycles. The second-order valence-corrected chi connectivity index (χ2v) is 6.22. The summed E-state index contributed by atoms with van der Waals surface area (Å²) in [5, 5.41) is 0.473. The van der Waals surface area contributed by atoms with Gasteiger partial charge in [0.1, 0.15) is 5.82 Å². The summed E-state index contributed by atoms with van der Waals surface area (Å²) in [5.41, 5.74) is 6.88. The third kappa shape index (κ3) is 3.47. The van der Waals surface area contributed by atoms with Crippen LogP contribution in [-0.4, -0.2) is 24.5 Å². The van der Waals surface area contributed by atoms with Crippen molar-refractivity contribution in [3.8, 4) is 0 Å². The van der Waals surface area contributed by atoms with Crippen LogP contribution in [0.15, 0.2) is 18.2 Å². The number of piperidine rings is 1. The van der Waals surface area contributed by atoms with E-state index in [4.69, 9.17) is 17.3 Å². The molecule has 1 aliphatic rings. The lowest BCUT2D eigenvalue weighted by Crippen LogP contribution is -2.43. The van der Waals surface area contributed by atoms with Gasteiger partial charge in [0.05, 0.1) is 0 Å². The van der Waals surface area contributed by atoms with E-state index in [1.807, 2.05) is 0 Å². The molecule has 1 aliphatic heterocycles. The topological polar surface area (TPSA) is 29.3 Å². The van der Waals surface area contributed by atoms with Crippen LogP contribution in [0.5, 0.6) is 0 Å². The van der Waals surface area contributed by atoms with E-state index >= 15 is 0 Å². The van der Waals surface area contributed by atoms with Gasteiger partial charge in [-0.1, -0.05) is 31.5 Å². The summed E-state index contributed by atoms with van der Waals surface area (Å²) in [7, 11) is 0. The Morgan fingerprint density at radius 2 is 2.00 bits per heavy atom. The minimum atomic E-state index is -0.301. The van der Waals surface area contributed by atoms with Gasteiger partial charge in [-0.15, -0.1) is 0 Å². The van der Waals surface area contributed by atoms with Gasteiger partial charge in [0.15, 0.2) is 0 Å². The van der Waals surface area contributed by atoms with Crippen molar-refractivity contribution >= 4 is 11.6 Å². The Balaban J connectivity index is 2.23. The molecule has 1 aromatic carbocycles. The first-order chi connectivity index (χ1) is 9.01. The Kier molecular flexibility index (Phi) is 4.82. The highest BCUT2D eigenvalue weighted by Crippen LogP contribution is 2.32. The number of rotatable bonds is 3. The van der Waals surface area contributed by atoms with Gasteiger partial charge >= 0.3 is 0 Å². The lowest BCUT2D eigenvalue weighted by atomic mass is 9.89. The molecule has 2 rings (SSSR count). The smallest absolute Gasteiger partial charge is 0.124 e. The van der Waals surface area contributed by atoms with Crippen molar-refractivity contribution in [2.45, 2.75) is 26.3 Å². The Labute approximate surface area is 119 Å². The molecule has 2 nitrogen and oxygen atoms in total. The van der Waals surface area contributed by atoms with E-state index in [2.05, 4.69) is 18.7 Å². The van der Waals surface area contributed by atoms with Crippen molar-refractivity contribution in [2.24, 2.45) is 17.6 Å². The van der Waals surface area contributed by atoms with Crippen LogP contribution in [0.25, 0.3) is 0 Å². The van der Waals surface area contributed by atoms with Crippen molar-refractivity contribution in [1.82, 2.24) is 4.90 Å². The highest BCUT2D eigenvalue weighted by molar-refractivity contribution is 6.31. The first-order valence-electron chi connectivity index (χ1n) is 6.90. The molecule has 0 spiro atoms. The summed E-state index contributed by atoms with van der Waals surface area (Å²) >= 11 is 6.17. The van der Waals surface area contributed by atoms with E-state index < -0.39 is 0 Å². The molecule has 0 saturated carbocycles. The van der Waals surface area contributed by atoms with Crippen molar-refractivity contribution in [3.63, 3.8) is 0 Å². The van der Waals surface area contributed by atoms with Gasteiger partial charge in [0.25, 0.3) is 0 Å². The molecular formula is C15H22ClFN2. The summed E-state index contributed by atoms with van der Waals surface area (Å²) in [6.07, 6.45) is 1.25. The lowest BCUT2D eigenvalue weighted by Gasteiger charge is -2.40. The molecule has 0 amide bonds. The van der Waals surface area contributed by atoms with Gasteiger partial charge in [0.2, 0.25) is 0 Å². The normalized spacial score (nSPS) is 26.4. The Morgan fingerprint density at radius 1 is 1.37 bits per heavy atom. The molecule has 1 heterocycles. The minimum Gasteiger partial charge on any atom is -0.329 e. The van der Waals surface area contributed by atoms with Crippen LogP contribution >= 0.6 is 11.6 Å². The third-order valence-electron chi connectivity index (χ3n) is 3.88. The van der Waals surface area contributed by atoms with Gasteiger partial charge in [-0.25, -0.2) is 4.39 Å². The number of halogens is 2. The van der Waals surface area contributed by atoms with E-state index in [0.29, 0.717) is 23.4 Å². The predicted molar refractivity (Wildman–Crippen MR) is 77.7 cm³/mol. The molecule has 0 bridgehead atoms. The summed E-state index contributed by atoms with van der Waals surface area (Å²) in [4.78, 5) is 2.39. The number of nitrogens with two attached hydrogens (primary N) is 1. The Hall–Kier alpha value is -0.640. The number of likely N-dealkylation sites (tertiary alicyclic amines) is 1. The summed E-state index contributed by atoms with van der Waals surface area (Å²) in [5.74, 6) is 1.03. The molecule has 4 heteroatoms. The highest BCUT2D eigenvalue weighted by atomic mass is 35.5. The SMILES string of the molecule is CC1CC(C)CN(C(CN)c2ccc(F)cc2Cl)C1. The van der Waals surface area contributed by atoms with Crippen LogP contribution < -0.4 is 5.73 Å². The number of hydrogen-bond donors (Lipinski definition) is 1. The maximum atomic E-state index is 13.2. The van der Waals surface area contributed by atoms with Gasteiger partial charge in [-0.05, 0) is 36.0 Å². The highest BCUT2D eigenvalue weighted by Gasteiger charge is 2.28. The van der Waals surface area contributed by atoms with Crippen molar-refractivity contribution in [1.29, 1.82) is 0 Å². The summed E-state index contributed by atoms with van der Waals surface area (Å²) in [6, 6.07) is 4.68. The zero-order chi connectivity index (χ0) is 14.0. The average Bonchev–Trinajstić information content (AvgIpc) is 2.31. The average molecular weight is 285 g/mol. The van der Waals surface area contributed by atoms with E-state index in [1.54, 1.807) is 6.07 Å². The number of hydrogen-bond acceptors (Lipinski definition) is 2. The molecule has 1 fully saturated rings. The first kappa shape index (κ1) is 14.8. The molecule has 1 saturated heterocycles. The second-order valence-electron chi connectivity index (χ2n) is 5.82. The fraction of sp³-hybridized carbons (Fsp3) is 0.600. The molecule has 1 aromatic rings. The second kappa shape index (κ2) is 6.21. The van der Waals surface area contributed by atoms with E-state index in [-0.39, 0.29) is 11.9 Å². The molecule has 0 aliphatic carbocycles. The van der Waals surface area contributed by atoms with Crippen molar-refractivity contribution in [2.75, 3.05) is 19.6 Å². The fourth-order valence-corrected chi connectivity index (χ4v) is 3.50. The number of benzene rings is 1. The number of nitrogens with zero attached hydrogens (tertiary/aromatic N) is 1. The Bertz CT molecular complexity index is 428. The van der Waals surface area contributed by atoms with Crippen LogP contribution in [-0.2, 0) is 0 Å². The van der Waals surface area contributed by atoms with Gasteiger partial charge in [0, 0.05) is 30.7 Å². The van der Waals surface area contributed by atoms with Crippen LogP contribution in [0.2, 0.25) is 5.02 Å². The molecule has 19 heavy (non-hydrogen) atoms. The molecular weight excluding hydrogens is 263 g/mol. The van der Waals surface area contributed by atoms with Crippen LogP contribution in [0.4, 0.5) is 4.39 Å². The standard InChI is InChI=1S/C15H22ClFN2/c1-10-5-11(2)9-19(8-10)15(7-18)13-4-3-12(17)6-14(13)16/h3-4,6,10-11,15H,5,7-9,18H2,1-2H3. The van der Waals surface area contributed by atoms with Crippen molar-refractivity contribution in [3.05, 3.63) is 34.6 Å². The largest absolute Gasteiger partial charge is 0.329 e. The Morgan fingerprint density at radius 3 is 2.53 bits per heavy atom. The molecule has 0 radical (unpaired) electrons. The molecule has 3 unspecified atom stereocenters.